The molecule has 4 rings (SSSR count). The van der Waals surface area contributed by atoms with Crippen molar-refractivity contribution in [3.05, 3.63) is 17.2 Å². The Morgan fingerprint density at radius 3 is 3.10 bits per heavy atom. The number of likely N-dealkylation sites (N-methyl/N-ethyl adjacent to an activating group) is 1. The number of rotatable bonds is 1. The first-order chi connectivity index (χ1) is 9.62. The van der Waals surface area contributed by atoms with E-state index >= 15 is 0 Å². The Balaban J connectivity index is 1.93. The number of fused-ring (bicyclic) bond motifs is 4. The third-order valence-corrected chi connectivity index (χ3v) is 4.54. The van der Waals surface area contributed by atoms with Crippen LogP contribution in [-0.4, -0.2) is 44.4 Å². The van der Waals surface area contributed by atoms with E-state index in [1.807, 2.05) is 6.07 Å². The van der Waals surface area contributed by atoms with Crippen LogP contribution in [0.2, 0.25) is 0 Å². The van der Waals surface area contributed by atoms with E-state index < -0.39 is 0 Å². The summed E-state index contributed by atoms with van der Waals surface area (Å²) in [5.41, 5.74) is 2.21. The highest BCUT2D eigenvalue weighted by Crippen LogP contribution is 2.50. The Morgan fingerprint density at radius 2 is 2.30 bits per heavy atom. The predicted molar refractivity (Wildman–Crippen MR) is 69.6 cm³/mol. The number of benzene rings is 1. The molecule has 1 fully saturated rings. The Labute approximate surface area is 116 Å². The van der Waals surface area contributed by atoms with Gasteiger partial charge in [0.15, 0.2) is 24.2 Å². The molecule has 0 aromatic heterocycles. The Bertz CT molecular complexity index is 616. The van der Waals surface area contributed by atoms with Gasteiger partial charge in [-0.15, -0.1) is 0 Å². The minimum absolute atomic E-state index is 0.0595. The number of carbonyl (C=O) groups excluding carboxylic acids is 1. The standard InChI is InChI=1S/C14H16N2O4/c1-16-4-3-8-5-9-12(20-7-19-9)13(18-2)11(8)14(16)15-10(17)6-16/h5,14H,3-4,6-7H2,1-2H3/p+1/t14-,16+/m0/s1. The van der Waals surface area contributed by atoms with Gasteiger partial charge < -0.3 is 14.2 Å². The number of hydrogen-bond donors (Lipinski definition) is 1. The monoisotopic (exact) mass is 277 g/mol. The Morgan fingerprint density at radius 1 is 1.45 bits per heavy atom. The summed E-state index contributed by atoms with van der Waals surface area (Å²) in [5.74, 6) is 2.18. The van der Waals surface area contributed by atoms with Crippen LogP contribution in [-0.2, 0) is 11.2 Å². The van der Waals surface area contributed by atoms with Crippen molar-refractivity contribution in [2.75, 3.05) is 34.0 Å². The molecule has 0 unspecified atom stereocenters. The van der Waals surface area contributed by atoms with Crippen LogP contribution in [0, 0.1) is 0 Å². The van der Waals surface area contributed by atoms with Crippen LogP contribution in [0.15, 0.2) is 6.07 Å². The fourth-order valence-electron chi connectivity index (χ4n) is 3.53. The average molecular weight is 277 g/mol. The molecule has 1 amide bonds. The zero-order valence-electron chi connectivity index (χ0n) is 11.6. The summed E-state index contributed by atoms with van der Waals surface area (Å²) in [6, 6.07) is 2.02. The number of hydrogen-bond acceptors (Lipinski definition) is 4. The van der Waals surface area contributed by atoms with Crippen molar-refractivity contribution < 1.29 is 23.5 Å². The second-order valence-electron chi connectivity index (χ2n) is 5.80. The quantitative estimate of drug-likeness (QED) is 0.762. The van der Waals surface area contributed by atoms with Gasteiger partial charge in [-0.3, -0.25) is 14.6 Å². The highest BCUT2D eigenvalue weighted by molar-refractivity contribution is 5.79. The molecule has 3 aliphatic heterocycles. The molecule has 0 bridgehead atoms. The lowest BCUT2D eigenvalue weighted by atomic mass is 9.94. The van der Waals surface area contributed by atoms with Crippen molar-refractivity contribution in [3.8, 4) is 17.2 Å². The first-order valence-corrected chi connectivity index (χ1v) is 6.75. The third-order valence-electron chi connectivity index (χ3n) is 4.54. The summed E-state index contributed by atoms with van der Waals surface area (Å²) in [4.78, 5) is 11.8. The summed E-state index contributed by atoms with van der Waals surface area (Å²) in [5, 5.41) is 3.08. The predicted octanol–water partition coefficient (Wildman–Crippen LogP) is 0.555. The topological polar surface area (TPSA) is 56.8 Å². The molecule has 0 spiro atoms. The van der Waals surface area contributed by atoms with Gasteiger partial charge in [0.05, 0.1) is 26.3 Å². The van der Waals surface area contributed by atoms with E-state index in [4.69, 9.17) is 14.2 Å². The van der Waals surface area contributed by atoms with Gasteiger partial charge in [0, 0.05) is 6.42 Å². The molecule has 1 aromatic carbocycles. The lowest BCUT2D eigenvalue weighted by Gasteiger charge is -2.39. The van der Waals surface area contributed by atoms with Crippen molar-refractivity contribution in [2.45, 2.75) is 12.6 Å². The summed E-state index contributed by atoms with van der Waals surface area (Å²) in [6.45, 7) is 1.67. The van der Waals surface area contributed by atoms with E-state index in [9.17, 15) is 4.79 Å². The largest absolute Gasteiger partial charge is 0.492 e. The number of amides is 1. The minimum atomic E-state index is -0.0595. The van der Waals surface area contributed by atoms with E-state index in [0.29, 0.717) is 22.5 Å². The first kappa shape index (κ1) is 11.8. The number of ether oxygens (including phenoxy) is 3. The van der Waals surface area contributed by atoms with Crippen LogP contribution in [0.3, 0.4) is 0 Å². The fraction of sp³-hybridized carbons (Fsp3) is 0.500. The van der Waals surface area contributed by atoms with Crippen LogP contribution in [0.25, 0.3) is 0 Å². The second-order valence-corrected chi connectivity index (χ2v) is 5.80. The molecule has 0 radical (unpaired) electrons. The van der Waals surface area contributed by atoms with E-state index in [0.717, 1.165) is 24.3 Å². The van der Waals surface area contributed by atoms with Crippen LogP contribution in [0.5, 0.6) is 17.2 Å². The van der Waals surface area contributed by atoms with Gasteiger partial charge in [0.2, 0.25) is 12.5 Å². The van der Waals surface area contributed by atoms with Crippen molar-refractivity contribution in [1.29, 1.82) is 0 Å². The molecule has 0 saturated carbocycles. The van der Waals surface area contributed by atoms with E-state index in [1.165, 1.54) is 5.56 Å². The maximum absolute atomic E-state index is 11.8. The highest BCUT2D eigenvalue weighted by Gasteiger charge is 2.49. The molecule has 3 aliphatic rings. The fourth-order valence-corrected chi connectivity index (χ4v) is 3.53. The van der Waals surface area contributed by atoms with Crippen LogP contribution >= 0.6 is 0 Å². The molecule has 0 aliphatic carbocycles. The van der Waals surface area contributed by atoms with E-state index in [2.05, 4.69) is 12.4 Å². The van der Waals surface area contributed by atoms with Gasteiger partial charge in [-0.1, -0.05) is 0 Å². The molecular formula is C14H17N2O4+. The van der Waals surface area contributed by atoms with Crippen LogP contribution in [0.4, 0.5) is 0 Å². The van der Waals surface area contributed by atoms with Gasteiger partial charge in [0.25, 0.3) is 5.91 Å². The van der Waals surface area contributed by atoms with Crippen molar-refractivity contribution in [2.24, 2.45) is 0 Å². The zero-order chi connectivity index (χ0) is 13.9. The lowest BCUT2D eigenvalue weighted by Crippen LogP contribution is -2.49. The molecule has 3 heterocycles. The van der Waals surface area contributed by atoms with Crippen LogP contribution in [0.1, 0.15) is 17.3 Å². The normalized spacial score (nSPS) is 29.7. The summed E-state index contributed by atoms with van der Waals surface area (Å²) >= 11 is 0. The van der Waals surface area contributed by atoms with Crippen molar-refractivity contribution >= 4 is 5.91 Å². The maximum atomic E-state index is 11.8. The Kier molecular flexibility index (Phi) is 2.24. The number of carbonyl (C=O) groups is 1. The third kappa shape index (κ3) is 1.39. The second kappa shape index (κ2) is 3.79. The summed E-state index contributed by atoms with van der Waals surface area (Å²) in [7, 11) is 3.74. The molecular weight excluding hydrogens is 260 g/mol. The summed E-state index contributed by atoms with van der Waals surface area (Å²) < 4.78 is 17.3. The van der Waals surface area contributed by atoms with Crippen molar-refractivity contribution in [1.82, 2.24) is 5.32 Å². The van der Waals surface area contributed by atoms with E-state index in [1.54, 1.807) is 7.11 Å². The molecule has 6 nitrogen and oxygen atoms in total. The Hall–Kier alpha value is -1.95. The van der Waals surface area contributed by atoms with E-state index in [-0.39, 0.29) is 18.9 Å². The molecule has 1 aromatic rings. The minimum Gasteiger partial charge on any atom is -0.492 e. The molecule has 1 saturated heterocycles. The average Bonchev–Trinajstić information content (AvgIpc) is 2.98. The van der Waals surface area contributed by atoms with Gasteiger partial charge in [0.1, 0.15) is 0 Å². The SMILES string of the molecule is COc1c2c(cc3c1[C@H]1NC(=O)C[N@@+]1(C)CC3)OCO2. The first-order valence-electron chi connectivity index (χ1n) is 6.75. The van der Waals surface area contributed by atoms with Crippen LogP contribution < -0.4 is 19.5 Å². The molecule has 6 heteroatoms. The smallest absolute Gasteiger partial charge is 0.280 e. The number of nitrogens with one attached hydrogen (secondary N) is 1. The lowest BCUT2D eigenvalue weighted by molar-refractivity contribution is -0.927. The maximum Gasteiger partial charge on any atom is 0.280 e. The molecule has 2 atom stereocenters. The molecule has 20 heavy (non-hydrogen) atoms. The summed E-state index contributed by atoms with van der Waals surface area (Å²) in [6.07, 6.45) is 0.847. The van der Waals surface area contributed by atoms with Gasteiger partial charge >= 0.3 is 0 Å². The molecule has 1 N–H and O–H groups in total. The van der Waals surface area contributed by atoms with Gasteiger partial charge in [-0.25, -0.2) is 0 Å². The number of nitrogens with zero attached hydrogens (tertiary/aromatic N) is 1. The molecule has 106 valence electrons. The number of quaternary nitrogens is 1. The van der Waals surface area contributed by atoms with Gasteiger partial charge in [-0.2, -0.15) is 0 Å². The zero-order valence-corrected chi connectivity index (χ0v) is 11.6. The highest BCUT2D eigenvalue weighted by atomic mass is 16.7. The van der Waals surface area contributed by atoms with Crippen molar-refractivity contribution in [3.63, 3.8) is 0 Å². The van der Waals surface area contributed by atoms with Gasteiger partial charge in [-0.05, 0) is 11.6 Å². The number of methoxy groups -OCH3 is 1.